The van der Waals surface area contributed by atoms with Gasteiger partial charge in [-0.25, -0.2) is 8.42 Å². The maximum atomic E-state index is 12.4. The van der Waals surface area contributed by atoms with E-state index in [0.29, 0.717) is 6.54 Å². The molecule has 4 aromatic carbocycles. The topological polar surface area (TPSA) is 149 Å². The van der Waals surface area contributed by atoms with Crippen molar-refractivity contribution >= 4 is 51.4 Å². The van der Waals surface area contributed by atoms with Gasteiger partial charge in [-0.3, -0.25) is 14.4 Å². The maximum Gasteiger partial charge on any atom is 0.303 e. The summed E-state index contributed by atoms with van der Waals surface area (Å²) in [4.78, 5) is 36.6. The number of rotatable bonds is 8. The Morgan fingerprint density at radius 3 is 1.46 bits per heavy atom. The SMILES string of the molecule is CC(=O)O[C@@H]1[C@@H](OC(C)=O)[C@H]2O[C@H](CN2[P+](c2ccccc2)(c2ccccc2)c2ccccc2)[C@H]1OC(C)=O.Cc1ccc(S(=O)(=O)[O-])cc1. The van der Waals surface area contributed by atoms with Crippen LogP contribution >= 0.6 is 7.41 Å². The van der Waals surface area contributed by atoms with Crippen LogP contribution < -0.4 is 15.9 Å². The summed E-state index contributed by atoms with van der Waals surface area (Å²) in [5.41, 5.74) is 0.928. The Kier molecular flexibility index (Phi) is 11.5. The molecular formula is C37H38NO10PS. The molecule has 262 valence electrons. The first-order chi connectivity index (χ1) is 23.8. The van der Waals surface area contributed by atoms with Crippen LogP contribution in [0.25, 0.3) is 0 Å². The molecule has 13 heteroatoms. The summed E-state index contributed by atoms with van der Waals surface area (Å²) in [6.45, 7) is 6.04. The van der Waals surface area contributed by atoms with Crippen molar-refractivity contribution in [3.63, 3.8) is 0 Å². The quantitative estimate of drug-likeness (QED) is 0.114. The second-order valence-corrected chi connectivity index (χ2v) is 16.5. The smallest absolute Gasteiger partial charge is 0.303 e. The molecular weight excluding hydrogens is 681 g/mol. The van der Waals surface area contributed by atoms with Crippen LogP contribution in [0.15, 0.2) is 120 Å². The third-order valence-corrected chi connectivity index (χ3v) is 13.4. The van der Waals surface area contributed by atoms with E-state index in [4.69, 9.17) is 18.9 Å². The van der Waals surface area contributed by atoms with Crippen molar-refractivity contribution in [3.05, 3.63) is 121 Å². The predicted molar refractivity (Wildman–Crippen MR) is 186 cm³/mol. The highest BCUT2D eigenvalue weighted by Crippen LogP contribution is 2.62. The lowest BCUT2D eigenvalue weighted by Gasteiger charge is -2.42. The van der Waals surface area contributed by atoms with Crippen molar-refractivity contribution in [2.45, 2.75) is 63.2 Å². The number of nitrogens with zero attached hydrogens (tertiary/aromatic N) is 1. The van der Waals surface area contributed by atoms with E-state index in [1.807, 2.05) is 61.5 Å². The minimum Gasteiger partial charge on any atom is -0.744 e. The van der Waals surface area contributed by atoms with Crippen LogP contribution in [-0.2, 0) is 43.4 Å². The van der Waals surface area contributed by atoms with Crippen LogP contribution in [0.4, 0.5) is 0 Å². The average Bonchev–Trinajstić information content (AvgIpc) is 3.48. The van der Waals surface area contributed by atoms with Gasteiger partial charge in [-0.15, -0.1) is 4.67 Å². The molecule has 0 unspecified atom stereocenters. The van der Waals surface area contributed by atoms with Gasteiger partial charge in [0.2, 0.25) is 0 Å². The molecule has 2 bridgehead atoms. The van der Waals surface area contributed by atoms with Crippen LogP contribution in [-0.4, -0.2) is 72.7 Å². The fraction of sp³-hybridized carbons (Fsp3) is 0.270. The van der Waals surface area contributed by atoms with Crippen LogP contribution in [0, 0.1) is 6.92 Å². The van der Waals surface area contributed by atoms with Gasteiger partial charge in [0.05, 0.1) is 11.4 Å². The third-order valence-electron chi connectivity index (χ3n) is 8.26. The number of fused-ring (bicyclic) bond motifs is 2. The monoisotopic (exact) mass is 719 g/mol. The Morgan fingerprint density at radius 1 is 0.660 bits per heavy atom. The molecule has 0 aromatic heterocycles. The standard InChI is InChI=1S/C30H31NO7P.C7H8O3S/c1-20(32)35-27-26-19-31(30(38-26)29(37-22(3)34)28(27)36-21(2)33)39(23-13-7-4-8-14-23,24-15-9-5-10-16-24)25-17-11-6-12-18-25;1-6-2-4-7(5-3-6)11(8,9)10/h4-18,26-30H,19H2,1-3H3;2-5H,1H3,(H,8,9,10)/q+1;/p-1/t26-,27-,28+,29-,30-;/m1./s1. The fourth-order valence-electron chi connectivity index (χ4n) is 6.37. The van der Waals surface area contributed by atoms with Crippen molar-refractivity contribution in [1.29, 1.82) is 0 Å². The van der Waals surface area contributed by atoms with Crippen LogP contribution in [0.5, 0.6) is 0 Å². The van der Waals surface area contributed by atoms with E-state index in [0.717, 1.165) is 21.5 Å². The first-order valence-corrected chi connectivity index (χ1v) is 19.0. The number of hydrogen-bond acceptors (Lipinski definition) is 11. The Bertz CT molecular complexity index is 1800. The number of carbonyl (C=O) groups excluding carboxylic acids is 3. The largest absolute Gasteiger partial charge is 0.744 e. The van der Waals surface area contributed by atoms with Gasteiger partial charge in [0.15, 0.2) is 32.0 Å². The zero-order chi connectivity index (χ0) is 36.1. The minimum atomic E-state index is -4.27. The minimum absolute atomic E-state index is 0.178. The molecule has 50 heavy (non-hydrogen) atoms. The summed E-state index contributed by atoms with van der Waals surface area (Å²) in [6, 6.07) is 36.3. The summed E-state index contributed by atoms with van der Waals surface area (Å²) < 4.78 is 57.1. The van der Waals surface area contributed by atoms with Crippen molar-refractivity contribution in [3.8, 4) is 0 Å². The van der Waals surface area contributed by atoms with Gasteiger partial charge in [-0.05, 0) is 55.5 Å². The van der Waals surface area contributed by atoms with Crippen molar-refractivity contribution in [2.24, 2.45) is 0 Å². The Hall–Kier alpha value is -4.45. The molecule has 5 atom stereocenters. The highest BCUT2D eigenvalue weighted by molar-refractivity contribution is 7.93. The lowest BCUT2D eigenvalue weighted by atomic mass is 10.00. The molecule has 2 heterocycles. The molecule has 2 fully saturated rings. The molecule has 4 aromatic rings. The van der Waals surface area contributed by atoms with Crippen molar-refractivity contribution in [1.82, 2.24) is 4.67 Å². The van der Waals surface area contributed by atoms with Crippen LogP contribution in [0.3, 0.4) is 0 Å². The number of hydrogen-bond donors (Lipinski definition) is 0. The molecule has 0 aliphatic carbocycles. The van der Waals surface area contributed by atoms with Crippen molar-refractivity contribution in [2.75, 3.05) is 6.54 Å². The molecule has 11 nitrogen and oxygen atoms in total. The molecule has 0 N–H and O–H groups in total. The predicted octanol–water partition coefficient (Wildman–Crippen LogP) is 3.63. The zero-order valence-electron chi connectivity index (χ0n) is 27.9. The first kappa shape index (κ1) is 36.8. The van der Waals surface area contributed by atoms with Crippen molar-refractivity contribution < 1.29 is 46.3 Å². The van der Waals surface area contributed by atoms with E-state index in [1.54, 1.807) is 12.1 Å². The maximum absolute atomic E-state index is 12.4. The summed E-state index contributed by atoms with van der Waals surface area (Å²) in [7, 11) is -6.91. The summed E-state index contributed by atoms with van der Waals surface area (Å²) >= 11 is 0. The fourth-order valence-corrected chi connectivity index (χ4v) is 11.4. The number of benzene rings is 4. The number of ether oxygens (including phenoxy) is 4. The van der Waals surface area contributed by atoms with Gasteiger partial charge in [-0.2, -0.15) is 0 Å². The molecule has 0 saturated carbocycles. The van der Waals surface area contributed by atoms with E-state index in [9.17, 15) is 27.4 Å². The van der Waals surface area contributed by atoms with Gasteiger partial charge in [0.25, 0.3) is 0 Å². The van der Waals surface area contributed by atoms with E-state index in [2.05, 4.69) is 41.1 Å². The normalized spacial score (nSPS) is 21.7. The lowest BCUT2D eigenvalue weighted by Crippen LogP contribution is -2.60. The molecule has 2 aliphatic rings. The molecule has 0 amide bonds. The lowest BCUT2D eigenvalue weighted by molar-refractivity contribution is -0.234. The summed E-state index contributed by atoms with van der Waals surface area (Å²) in [6.07, 6.45) is -4.42. The van der Waals surface area contributed by atoms with Crippen LogP contribution in [0.1, 0.15) is 26.3 Å². The number of esters is 3. The van der Waals surface area contributed by atoms with E-state index >= 15 is 0 Å². The Balaban J connectivity index is 0.000000377. The van der Waals surface area contributed by atoms with E-state index in [-0.39, 0.29) is 4.90 Å². The van der Waals surface area contributed by atoms with Gasteiger partial charge < -0.3 is 23.5 Å². The zero-order valence-corrected chi connectivity index (χ0v) is 29.7. The van der Waals surface area contributed by atoms with Crippen LogP contribution in [0.2, 0.25) is 0 Å². The molecule has 0 radical (unpaired) electrons. The Morgan fingerprint density at radius 2 is 1.06 bits per heavy atom. The first-order valence-electron chi connectivity index (χ1n) is 15.8. The second kappa shape index (κ2) is 15.6. The Labute approximate surface area is 292 Å². The summed E-state index contributed by atoms with van der Waals surface area (Å²) in [5.74, 6) is -1.68. The third kappa shape index (κ3) is 7.96. The molecule has 0 spiro atoms. The van der Waals surface area contributed by atoms with Gasteiger partial charge in [-0.1, -0.05) is 72.3 Å². The average molecular weight is 720 g/mol. The number of aryl methyl sites for hydroxylation is 1. The highest BCUT2D eigenvalue weighted by atomic mass is 32.2. The van der Waals surface area contributed by atoms with E-state index in [1.165, 1.54) is 32.9 Å². The van der Waals surface area contributed by atoms with Gasteiger partial charge >= 0.3 is 17.9 Å². The van der Waals surface area contributed by atoms with E-state index < -0.39 is 66.1 Å². The molecule has 2 aliphatic heterocycles. The van der Waals surface area contributed by atoms with Gasteiger partial charge in [0.1, 0.15) is 32.1 Å². The molecule has 2 saturated heterocycles. The molecule has 6 rings (SSSR count). The summed E-state index contributed by atoms with van der Waals surface area (Å²) in [5, 5.41) is 3.23. The van der Waals surface area contributed by atoms with Gasteiger partial charge in [0, 0.05) is 20.8 Å². The number of carbonyl (C=O) groups is 3. The second-order valence-electron chi connectivity index (χ2n) is 11.8. The highest BCUT2D eigenvalue weighted by Gasteiger charge is 2.67.